The number of hydrogen-bond acceptors (Lipinski definition) is 4. The van der Waals surface area contributed by atoms with Crippen molar-refractivity contribution >= 4 is 20.9 Å². The highest BCUT2D eigenvalue weighted by Crippen LogP contribution is 2.44. The molecule has 4 nitrogen and oxygen atoms in total. The van der Waals surface area contributed by atoms with E-state index in [9.17, 15) is 34.8 Å². The van der Waals surface area contributed by atoms with Gasteiger partial charge in [-0.3, -0.25) is 4.18 Å². The smallest absolute Gasteiger partial charge is 0.420 e. The molecule has 0 heterocycles. The molecule has 2 aromatic carbocycles. The molecule has 1 fully saturated rings. The Kier molecular flexibility index (Phi) is 6.72. The SMILES string of the molecule is CC(OS(C)(=O)=O)c1ccc2ccc(O[C@H]3CC[C@@H](C(F)(F)F)CC3)c(C(F)(F)F)c2c1. The minimum atomic E-state index is -4.81. The lowest BCUT2D eigenvalue weighted by Gasteiger charge is -2.31. The monoisotopic (exact) mass is 484 g/mol. The average Bonchev–Trinajstić information content (AvgIpc) is 2.64. The molecule has 0 spiro atoms. The summed E-state index contributed by atoms with van der Waals surface area (Å²) < 4.78 is 114. The molecule has 1 atom stereocenters. The zero-order valence-electron chi connectivity index (χ0n) is 17.3. The van der Waals surface area contributed by atoms with Crippen LogP contribution in [0.25, 0.3) is 10.8 Å². The van der Waals surface area contributed by atoms with Crippen LogP contribution in [0.15, 0.2) is 30.3 Å². The quantitative estimate of drug-likeness (QED) is 0.364. The molecule has 1 unspecified atom stereocenters. The van der Waals surface area contributed by atoms with Crippen LogP contribution in [0.3, 0.4) is 0 Å². The van der Waals surface area contributed by atoms with Crippen LogP contribution in [0.2, 0.25) is 0 Å². The minimum absolute atomic E-state index is 0.00121. The molecule has 1 saturated carbocycles. The van der Waals surface area contributed by atoms with Gasteiger partial charge in [-0.1, -0.05) is 18.2 Å². The molecule has 0 bridgehead atoms. The van der Waals surface area contributed by atoms with Crippen LogP contribution < -0.4 is 4.74 Å². The van der Waals surface area contributed by atoms with Gasteiger partial charge in [0.1, 0.15) is 11.3 Å². The average molecular weight is 484 g/mol. The number of benzene rings is 2. The summed E-state index contributed by atoms with van der Waals surface area (Å²) in [5.74, 6) is -1.94. The lowest BCUT2D eigenvalue weighted by Crippen LogP contribution is -2.32. The van der Waals surface area contributed by atoms with Gasteiger partial charge in [-0.2, -0.15) is 34.8 Å². The van der Waals surface area contributed by atoms with Crippen LogP contribution in [0, 0.1) is 5.92 Å². The summed E-state index contributed by atoms with van der Waals surface area (Å²) in [6, 6.07) is 6.67. The highest BCUT2D eigenvalue weighted by Gasteiger charge is 2.42. The van der Waals surface area contributed by atoms with Crippen LogP contribution in [0.1, 0.15) is 49.8 Å². The predicted molar refractivity (Wildman–Crippen MR) is 106 cm³/mol. The van der Waals surface area contributed by atoms with E-state index in [0.717, 1.165) is 12.3 Å². The van der Waals surface area contributed by atoms with Gasteiger partial charge >= 0.3 is 12.4 Å². The molecular weight excluding hydrogens is 462 g/mol. The third-order valence-corrected chi connectivity index (χ3v) is 6.15. The van der Waals surface area contributed by atoms with Crippen molar-refractivity contribution in [3.05, 3.63) is 41.5 Å². The van der Waals surface area contributed by atoms with Crippen molar-refractivity contribution in [3.8, 4) is 5.75 Å². The lowest BCUT2D eigenvalue weighted by atomic mass is 9.87. The molecular formula is C21H22F6O4S. The summed E-state index contributed by atoms with van der Waals surface area (Å²) in [5.41, 5.74) is -0.836. The zero-order valence-corrected chi connectivity index (χ0v) is 18.1. The van der Waals surface area contributed by atoms with Crippen molar-refractivity contribution in [1.82, 2.24) is 0 Å². The first-order chi connectivity index (χ1) is 14.6. The van der Waals surface area contributed by atoms with Crippen molar-refractivity contribution in [2.45, 2.75) is 57.2 Å². The Bertz CT molecular complexity index is 1070. The van der Waals surface area contributed by atoms with Crippen molar-refractivity contribution in [2.24, 2.45) is 5.92 Å². The molecule has 0 aromatic heterocycles. The van der Waals surface area contributed by atoms with E-state index in [1.807, 2.05) is 0 Å². The lowest BCUT2D eigenvalue weighted by molar-refractivity contribution is -0.185. The van der Waals surface area contributed by atoms with Crippen LogP contribution in [0.4, 0.5) is 26.3 Å². The third-order valence-electron chi connectivity index (χ3n) is 5.51. The van der Waals surface area contributed by atoms with E-state index >= 15 is 0 Å². The summed E-state index contributed by atoms with van der Waals surface area (Å²) in [6.07, 6.45) is -10.5. The van der Waals surface area contributed by atoms with Crippen molar-refractivity contribution in [3.63, 3.8) is 0 Å². The van der Waals surface area contributed by atoms with Gasteiger partial charge in [-0.15, -0.1) is 0 Å². The molecule has 0 N–H and O–H groups in total. The van der Waals surface area contributed by atoms with E-state index in [0.29, 0.717) is 0 Å². The normalized spacial score (nSPS) is 21.5. The van der Waals surface area contributed by atoms with Gasteiger partial charge in [0.2, 0.25) is 0 Å². The second-order valence-corrected chi connectivity index (χ2v) is 9.59. The maximum absolute atomic E-state index is 14.0. The number of halogens is 6. The molecule has 1 aliphatic rings. The Morgan fingerprint density at radius 1 is 0.969 bits per heavy atom. The fourth-order valence-electron chi connectivity index (χ4n) is 3.97. The second-order valence-electron chi connectivity index (χ2n) is 7.99. The summed E-state index contributed by atoms with van der Waals surface area (Å²) >= 11 is 0. The fraction of sp³-hybridized carbons (Fsp3) is 0.524. The Labute approximate surface area is 181 Å². The third kappa shape index (κ3) is 5.86. The summed E-state index contributed by atoms with van der Waals surface area (Å²) in [7, 11) is -3.83. The van der Waals surface area contributed by atoms with Crippen LogP contribution in [-0.4, -0.2) is 27.0 Å². The minimum Gasteiger partial charge on any atom is -0.490 e. The molecule has 11 heteroatoms. The van der Waals surface area contributed by atoms with Crippen LogP contribution >= 0.6 is 0 Å². The van der Waals surface area contributed by atoms with Crippen LogP contribution in [-0.2, 0) is 20.5 Å². The van der Waals surface area contributed by atoms with E-state index < -0.39 is 51.9 Å². The number of rotatable bonds is 5. The Morgan fingerprint density at radius 3 is 2.09 bits per heavy atom. The van der Waals surface area contributed by atoms with E-state index in [-0.39, 0.29) is 42.0 Å². The largest absolute Gasteiger partial charge is 0.490 e. The van der Waals surface area contributed by atoms with Gasteiger partial charge in [-0.25, -0.2) is 0 Å². The number of ether oxygens (including phenoxy) is 1. The highest BCUT2D eigenvalue weighted by molar-refractivity contribution is 7.86. The Morgan fingerprint density at radius 2 is 1.56 bits per heavy atom. The molecule has 0 radical (unpaired) electrons. The molecule has 0 amide bonds. The molecule has 178 valence electrons. The van der Waals surface area contributed by atoms with Gasteiger partial charge < -0.3 is 4.74 Å². The van der Waals surface area contributed by atoms with Gasteiger partial charge in [0.15, 0.2) is 0 Å². The van der Waals surface area contributed by atoms with Crippen molar-refractivity contribution in [2.75, 3.05) is 6.26 Å². The standard InChI is InChI=1S/C21H22F6O4S/c1-12(31-32(2,28)29)14-4-3-13-5-10-18(19(17(13)11-14)21(25,26)27)30-16-8-6-15(7-9-16)20(22,23)24/h3-5,10-12,15-16H,6-9H2,1-2H3/t12?,15-,16+. The number of alkyl halides is 6. The predicted octanol–water partition coefficient (Wildman–Crippen LogP) is 6.40. The second kappa shape index (κ2) is 8.74. The molecule has 32 heavy (non-hydrogen) atoms. The fourth-order valence-corrected chi connectivity index (χ4v) is 4.60. The first kappa shape index (κ1) is 24.6. The first-order valence-corrected chi connectivity index (χ1v) is 11.7. The molecule has 1 aliphatic carbocycles. The van der Waals surface area contributed by atoms with E-state index in [1.165, 1.54) is 31.2 Å². The highest BCUT2D eigenvalue weighted by atomic mass is 32.2. The summed E-state index contributed by atoms with van der Waals surface area (Å²) in [5, 5.41) is 0.0428. The van der Waals surface area contributed by atoms with Crippen molar-refractivity contribution in [1.29, 1.82) is 0 Å². The zero-order chi connectivity index (χ0) is 23.9. The van der Waals surface area contributed by atoms with E-state index in [1.54, 1.807) is 0 Å². The number of hydrogen-bond donors (Lipinski definition) is 0. The summed E-state index contributed by atoms with van der Waals surface area (Å²) in [6.45, 7) is 1.40. The Hall–Kier alpha value is -2.01. The van der Waals surface area contributed by atoms with Crippen LogP contribution in [0.5, 0.6) is 5.75 Å². The van der Waals surface area contributed by atoms with Gasteiger partial charge in [0.05, 0.1) is 24.4 Å². The maximum atomic E-state index is 14.0. The molecule has 3 rings (SSSR count). The van der Waals surface area contributed by atoms with Crippen molar-refractivity contribution < 1.29 is 43.7 Å². The first-order valence-electron chi connectivity index (χ1n) is 9.90. The van der Waals surface area contributed by atoms with E-state index in [2.05, 4.69) is 0 Å². The topological polar surface area (TPSA) is 52.6 Å². The molecule has 2 aromatic rings. The molecule has 0 aliphatic heterocycles. The molecule has 0 saturated heterocycles. The summed E-state index contributed by atoms with van der Waals surface area (Å²) in [4.78, 5) is 0. The van der Waals surface area contributed by atoms with Gasteiger partial charge in [0.25, 0.3) is 10.1 Å². The maximum Gasteiger partial charge on any atom is 0.420 e. The number of fused-ring (bicyclic) bond motifs is 1. The van der Waals surface area contributed by atoms with E-state index in [4.69, 9.17) is 8.92 Å². The van der Waals surface area contributed by atoms with Gasteiger partial charge in [0, 0.05) is 0 Å². The Balaban J connectivity index is 1.95. The van der Waals surface area contributed by atoms with Gasteiger partial charge in [-0.05, 0) is 61.1 Å².